The zero-order valence-electron chi connectivity index (χ0n) is 14.3. The van der Waals surface area contributed by atoms with Gasteiger partial charge in [0.15, 0.2) is 0 Å². The molecule has 1 N–H and O–H groups in total. The van der Waals surface area contributed by atoms with Gasteiger partial charge in [-0.3, -0.25) is 0 Å². The average Bonchev–Trinajstić information content (AvgIpc) is 2.95. The molecule has 2 atom stereocenters. The van der Waals surface area contributed by atoms with E-state index in [4.69, 9.17) is 8.92 Å². The highest BCUT2D eigenvalue weighted by Crippen LogP contribution is 2.43. The van der Waals surface area contributed by atoms with Crippen molar-refractivity contribution < 1.29 is 17.3 Å². The number of nitrogens with one attached hydrogen (secondary N) is 1. The van der Waals surface area contributed by atoms with Crippen molar-refractivity contribution in [2.45, 2.75) is 37.2 Å². The molecule has 1 fully saturated rings. The molecule has 2 unspecified atom stereocenters. The van der Waals surface area contributed by atoms with Gasteiger partial charge in [0.2, 0.25) is 0 Å². The third-order valence-corrected chi connectivity index (χ3v) is 6.29. The Morgan fingerprint density at radius 1 is 1.16 bits per heavy atom. The van der Waals surface area contributed by atoms with Gasteiger partial charge in [-0.2, -0.15) is 8.42 Å². The fraction of sp³-hybridized carbons (Fsp3) is 0.368. The number of rotatable bonds is 3. The van der Waals surface area contributed by atoms with Crippen LogP contribution in [-0.4, -0.2) is 27.6 Å². The first-order valence-corrected chi connectivity index (χ1v) is 9.88. The molecule has 0 aliphatic carbocycles. The standard InChI is InChI=1S/C19H21NO4S/c1-12-3-4-13(2)19(9-12)25(21,22)24-14-5-6-17-16(10-14)15-7-8-20-11-18(15)23-17/h3-6,9-10,15,18,20H,7-8,11H2,1-2H3. The van der Waals surface area contributed by atoms with Gasteiger partial charge in [-0.25, -0.2) is 0 Å². The summed E-state index contributed by atoms with van der Waals surface area (Å²) in [7, 11) is -3.87. The Kier molecular flexibility index (Phi) is 3.96. The lowest BCUT2D eigenvalue weighted by molar-refractivity contribution is 0.177. The predicted molar refractivity (Wildman–Crippen MR) is 94.8 cm³/mol. The smallest absolute Gasteiger partial charge is 0.339 e. The SMILES string of the molecule is Cc1ccc(C)c(S(=O)(=O)Oc2ccc3c(c2)C2CCNCC2O3)c1. The summed E-state index contributed by atoms with van der Waals surface area (Å²) in [6, 6.07) is 10.6. The van der Waals surface area contributed by atoms with Crippen molar-refractivity contribution in [1.82, 2.24) is 5.32 Å². The summed E-state index contributed by atoms with van der Waals surface area (Å²) in [6.07, 6.45) is 1.10. The van der Waals surface area contributed by atoms with Crippen molar-refractivity contribution in [2.75, 3.05) is 13.1 Å². The van der Waals surface area contributed by atoms with E-state index in [1.807, 2.05) is 25.1 Å². The molecule has 2 aliphatic heterocycles. The van der Waals surface area contributed by atoms with Gasteiger partial charge in [-0.05, 0) is 62.2 Å². The van der Waals surface area contributed by atoms with Crippen LogP contribution in [0, 0.1) is 13.8 Å². The van der Waals surface area contributed by atoms with Crippen LogP contribution in [0.2, 0.25) is 0 Å². The first-order chi connectivity index (χ1) is 11.9. The third-order valence-electron chi connectivity index (χ3n) is 4.90. The number of hydrogen-bond donors (Lipinski definition) is 1. The highest BCUT2D eigenvalue weighted by atomic mass is 32.2. The maximum absolute atomic E-state index is 12.7. The molecule has 6 heteroatoms. The summed E-state index contributed by atoms with van der Waals surface area (Å²) >= 11 is 0. The van der Waals surface area contributed by atoms with E-state index in [1.165, 1.54) is 0 Å². The van der Waals surface area contributed by atoms with Crippen molar-refractivity contribution in [3.63, 3.8) is 0 Å². The first kappa shape index (κ1) is 16.4. The average molecular weight is 359 g/mol. The molecule has 0 aromatic heterocycles. The van der Waals surface area contributed by atoms with Gasteiger partial charge < -0.3 is 14.2 Å². The van der Waals surface area contributed by atoms with Crippen LogP contribution in [-0.2, 0) is 10.1 Å². The molecule has 0 bridgehead atoms. The highest BCUT2D eigenvalue weighted by Gasteiger charge is 2.36. The molecule has 0 saturated carbocycles. The van der Waals surface area contributed by atoms with Crippen LogP contribution in [0.15, 0.2) is 41.3 Å². The van der Waals surface area contributed by atoms with E-state index in [0.717, 1.165) is 36.4 Å². The predicted octanol–water partition coefficient (Wildman–Crippen LogP) is 2.91. The van der Waals surface area contributed by atoms with E-state index in [1.54, 1.807) is 25.1 Å². The fourth-order valence-corrected chi connectivity index (χ4v) is 4.84. The van der Waals surface area contributed by atoms with Crippen LogP contribution in [0.3, 0.4) is 0 Å². The Balaban J connectivity index is 1.65. The second-order valence-corrected chi connectivity index (χ2v) is 8.28. The quantitative estimate of drug-likeness (QED) is 0.854. The normalized spacial score (nSPS) is 22.0. The molecule has 0 spiro atoms. The Hall–Kier alpha value is -2.05. The Morgan fingerprint density at radius 2 is 2.00 bits per heavy atom. The molecule has 0 amide bonds. The maximum Gasteiger partial charge on any atom is 0.339 e. The van der Waals surface area contributed by atoms with Crippen molar-refractivity contribution in [1.29, 1.82) is 0 Å². The van der Waals surface area contributed by atoms with Gasteiger partial charge in [-0.1, -0.05) is 12.1 Å². The van der Waals surface area contributed by atoms with E-state index < -0.39 is 10.1 Å². The van der Waals surface area contributed by atoms with Gasteiger partial charge in [-0.15, -0.1) is 0 Å². The van der Waals surface area contributed by atoms with Gasteiger partial charge >= 0.3 is 10.1 Å². The summed E-state index contributed by atoms with van der Waals surface area (Å²) < 4.78 is 36.8. The van der Waals surface area contributed by atoms with E-state index in [-0.39, 0.29) is 11.0 Å². The molecule has 2 aromatic rings. The van der Waals surface area contributed by atoms with Crippen molar-refractivity contribution >= 4 is 10.1 Å². The molecular weight excluding hydrogens is 338 g/mol. The molecular formula is C19H21NO4S. The number of piperidine rings is 1. The highest BCUT2D eigenvalue weighted by molar-refractivity contribution is 7.87. The maximum atomic E-state index is 12.7. The molecule has 4 rings (SSSR count). The largest absolute Gasteiger partial charge is 0.488 e. The lowest BCUT2D eigenvalue weighted by Gasteiger charge is -2.24. The Morgan fingerprint density at radius 3 is 2.84 bits per heavy atom. The van der Waals surface area contributed by atoms with E-state index in [2.05, 4.69) is 5.32 Å². The summed E-state index contributed by atoms with van der Waals surface area (Å²) in [5.74, 6) is 1.46. The molecule has 1 saturated heterocycles. The second-order valence-electron chi connectivity index (χ2n) is 6.76. The van der Waals surface area contributed by atoms with Crippen molar-refractivity contribution in [3.8, 4) is 11.5 Å². The van der Waals surface area contributed by atoms with Crippen LogP contribution in [0.25, 0.3) is 0 Å². The van der Waals surface area contributed by atoms with Crippen LogP contribution in [0.5, 0.6) is 11.5 Å². The van der Waals surface area contributed by atoms with Crippen molar-refractivity contribution in [3.05, 3.63) is 53.1 Å². The zero-order valence-corrected chi connectivity index (χ0v) is 15.1. The first-order valence-electron chi connectivity index (χ1n) is 8.47. The number of ether oxygens (including phenoxy) is 1. The van der Waals surface area contributed by atoms with Crippen LogP contribution in [0.1, 0.15) is 29.0 Å². The van der Waals surface area contributed by atoms with Crippen LogP contribution >= 0.6 is 0 Å². The third kappa shape index (κ3) is 3.00. The molecule has 0 radical (unpaired) electrons. The number of aryl methyl sites for hydroxylation is 2. The number of fused-ring (bicyclic) bond motifs is 3. The van der Waals surface area contributed by atoms with E-state index >= 15 is 0 Å². The van der Waals surface area contributed by atoms with Gasteiger partial charge in [0.05, 0.1) is 0 Å². The zero-order chi connectivity index (χ0) is 17.6. The summed E-state index contributed by atoms with van der Waals surface area (Å²) in [5, 5.41) is 3.32. The van der Waals surface area contributed by atoms with Gasteiger partial charge in [0, 0.05) is 18.0 Å². The lowest BCUT2D eigenvalue weighted by atomic mass is 9.90. The summed E-state index contributed by atoms with van der Waals surface area (Å²) in [5.41, 5.74) is 2.60. The van der Waals surface area contributed by atoms with Gasteiger partial charge in [0.1, 0.15) is 22.5 Å². The minimum atomic E-state index is -3.87. The minimum Gasteiger partial charge on any atom is -0.488 e. The van der Waals surface area contributed by atoms with E-state index in [0.29, 0.717) is 17.2 Å². The summed E-state index contributed by atoms with van der Waals surface area (Å²) in [4.78, 5) is 0.212. The van der Waals surface area contributed by atoms with Crippen LogP contribution in [0.4, 0.5) is 0 Å². The number of benzene rings is 2. The van der Waals surface area contributed by atoms with Crippen molar-refractivity contribution in [2.24, 2.45) is 0 Å². The monoisotopic (exact) mass is 359 g/mol. The summed E-state index contributed by atoms with van der Waals surface area (Å²) in [6.45, 7) is 5.39. The topological polar surface area (TPSA) is 64.6 Å². The molecule has 2 heterocycles. The molecule has 2 aromatic carbocycles. The van der Waals surface area contributed by atoms with Gasteiger partial charge in [0.25, 0.3) is 0 Å². The molecule has 132 valence electrons. The molecule has 5 nitrogen and oxygen atoms in total. The van der Waals surface area contributed by atoms with Crippen LogP contribution < -0.4 is 14.2 Å². The lowest BCUT2D eigenvalue weighted by Crippen LogP contribution is -2.39. The fourth-order valence-electron chi connectivity index (χ4n) is 3.60. The molecule has 25 heavy (non-hydrogen) atoms. The Labute approximate surface area is 148 Å². The Bertz CT molecular complexity index is 923. The minimum absolute atomic E-state index is 0.120. The second kappa shape index (κ2) is 6.04. The van der Waals surface area contributed by atoms with E-state index in [9.17, 15) is 8.42 Å². The number of hydrogen-bond acceptors (Lipinski definition) is 5. The molecule has 2 aliphatic rings.